The minimum Gasteiger partial charge on any atom is -0.198 e. The van der Waals surface area contributed by atoms with Crippen LogP contribution in [0.4, 0.5) is 0 Å². The predicted molar refractivity (Wildman–Crippen MR) is 64.5 cm³/mol. The van der Waals surface area contributed by atoms with Crippen molar-refractivity contribution in [1.29, 1.82) is 5.26 Å². The minimum absolute atomic E-state index is 0.184. The first kappa shape index (κ1) is 13.3. The maximum absolute atomic E-state index is 8.42. The average Bonchev–Trinajstić information content (AvgIpc) is 2.16. The molecule has 0 N–H and O–H groups in total. The van der Waals surface area contributed by atoms with E-state index in [2.05, 4.69) is 31.3 Å². The monoisotopic (exact) mass is 217 g/mol. The molecule has 1 nitrogen and oxygen atoms in total. The smallest absolute Gasteiger partial charge is 0.0621 e. The first-order valence-corrected chi connectivity index (χ1v) is 8.40. The van der Waals surface area contributed by atoms with Crippen LogP contribution in [0.1, 0.15) is 39.5 Å². The second kappa shape index (κ2) is 10.4. The van der Waals surface area contributed by atoms with Crippen LogP contribution in [0.3, 0.4) is 0 Å². The van der Waals surface area contributed by atoms with Crippen LogP contribution >= 0.6 is 18.5 Å². The Morgan fingerprint density at radius 3 is 2.62 bits per heavy atom. The molecule has 0 saturated heterocycles. The van der Waals surface area contributed by atoms with Crippen LogP contribution in [0, 0.1) is 11.3 Å². The van der Waals surface area contributed by atoms with Crippen LogP contribution in [-0.4, -0.2) is 18.1 Å². The molecular weight excluding hydrogens is 197 g/mol. The lowest BCUT2D eigenvalue weighted by Gasteiger charge is -2.13. The highest BCUT2D eigenvalue weighted by atomic mass is 32.7. The van der Waals surface area contributed by atoms with Gasteiger partial charge in [-0.3, -0.25) is 0 Å². The standard InChI is InChI=1S/C10H20NPS/c1-3-5-10-13-12(4-2)9-7-6-8-11/h3-7,9-10H2,1-2H3. The normalized spacial score (nSPS) is 12.4. The van der Waals surface area contributed by atoms with Gasteiger partial charge < -0.3 is 0 Å². The molecule has 0 aliphatic carbocycles. The van der Waals surface area contributed by atoms with Gasteiger partial charge in [-0.25, -0.2) is 0 Å². The third-order valence-corrected chi connectivity index (χ3v) is 7.14. The Morgan fingerprint density at radius 1 is 1.31 bits per heavy atom. The van der Waals surface area contributed by atoms with Crippen LogP contribution in [-0.2, 0) is 0 Å². The fourth-order valence-electron chi connectivity index (χ4n) is 0.986. The summed E-state index contributed by atoms with van der Waals surface area (Å²) in [5.74, 6) is 1.32. The maximum Gasteiger partial charge on any atom is 0.0621 e. The summed E-state index contributed by atoms with van der Waals surface area (Å²) in [6.45, 7) is 4.52. The largest absolute Gasteiger partial charge is 0.198 e. The Balaban J connectivity index is 3.35. The molecule has 0 aliphatic heterocycles. The number of hydrogen-bond donors (Lipinski definition) is 0. The number of rotatable bonds is 8. The van der Waals surface area contributed by atoms with Gasteiger partial charge in [-0.15, -0.1) is 11.4 Å². The minimum atomic E-state index is 0.184. The van der Waals surface area contributed by atoms with E-state index < -0.39 is 0 Å². The molecule has 0 rings (SSSR count). The van der Waals surface area contributed by atoms with Gasteiger partial charge in [0.1, 0.15) is 0 Å². The summed E-state index contributed by atoms with van der Waals surface area (Å²) in [7, 11) is 0.184. The van der Waals surface area contributed by atoms with E-state index in [9.17, 15) is 0 Å². The lowest BCUT2D eigenvalue weighted by Crippen LogP contribution is -1.86. The van der Waals surface area contributed by atoms with E-state index in [1.807, 2.05) is 0 Å². The lowest BCUT2D eigenvalue weighted by atomic mass is 10.4. The molecule has 0 amide bonds. The van der Waals surface area contributed by atoms with Crippen LogP contribution in [0.5, 0.6) is 0 Å². The van der Waals surface area contributed by atoms with Gasteiger partial charge in [-0.2, -0.15) is 5.26 Å². The highest BCUT2D eigenvalue weighted by molar-refractivity contribution is 8.55. The number of hydrogen-bond acceptors (Lipinski definition) is 2. The molecule has 0 heterocycles. The molecule has 76 valence electrons. The van der Waals surface area contributed by atoms with E-state index >= 15 is 0 Å². The molecule has 0 saturated carbocycles. The SMILES string of the molecule is CCCCSP(CC)CCCC#N. The topological polar surface area (TPSA) is 23.8 Å². The van der Waals surface area contributed by atoms with Crippen LogP contribution in [0.25, 0.3) is 0 Å². The van der Waals surface area contributed by atoms with Gasteiger partial charge in [0.2, 0.25) is 0 Å². The van der Waals surface area contributed by atoms with Gasteiger partial charge in [0.15, 0.2) is 0 Å². The highest BCUT2D eigenvalue weighted by Crippen LogP contribution is 2.50. The van der Waals surface area contributed by atoms with Crippen molar-refractivity contribution in [3.63, 3.8) is 0 Å². The average molecular weight is 217 g/mol. The molecule has 0 aromatic carbocycles. The summed E-state index contributed by atoms with van der Waals surface area (Å²) in [5.41, 5.74) is 0. The van der Waals surface area contributed by atoms with Gasteiger partial charge in [-0.05, 0) is 38.0 Å². The molecule has 1 atom stereocenters. The molecule has 0 aromatic heterocycles. The van der Waals surface area contributed by atoms with Crippen LogP contribution in [0.15, 0.2) is 0 Å². The first-order valence-electron chi connectivity index (χ1n) is 5.10. The first-order chi connectivity index (χ1) is 6.35. The summed E-state index contributed by atoms with van der Waals surface area (Å²) in [6.07, 6.45) is 7.10. The summed E-state index contributed by atoms with van der Waals surface area (Å²) in [4.78, 5) is 0. The van der Waals surface area contributed by atoms with Crippen molar-refractivity contribution >= 4 is 18.5 Å². The van der Waals surface area contributed by atoms with Crippen molar-refractivity contribution in [3.8, 4) is 6.07 Å². The zero-order valence-electron chi connectivity index (χ0n) is 8.75. The van der Waals surface area contributed by atoms with Gasteiger partial charge in [0, 0.05) is 6.42 Å². The Morgan fingerprint density at radius 2 is 2.08 bits per heavy atom. The number of unbranched alkanes of at least 4 members (excludes halogenated alkanes) is 2. The quantitative estimate of drug-likeness (QED) is 0.448. The van der Waals surface area contributed by atoms with Gasteiger partial charge in [0.05, 0.1) is 6.07 Å². The van der Waals surface area contributed by atoms with Gasteiger partial charge in [0.25, 0.3) is 0 Å². The van der Waals surface area contributed by atoms with Crippen molar-refractivity contribution in [2.45, 2.75) is 39.5 Å². The fourth-order valence-corrected chi connectivity index (χ4v) is 5.29. The van der Waals surface area contributed by atoms with Crippen LogP contribution < -0.4 is 0 Å². The van der Waals surface area contributed by atoms with E-state index in [0.29, 0.717) is 0 Å². The molecule has 1 unspecified atom stereocenters. The second-order valence-corrected chi connectivity index (χ2v) is 8.00. The van der Waals surface area contributed by atoms with E-state index in [-0.39, 0.29) is 7.12 Å². The van der Waals surface area contributed by atoms with E-state index in [0.717, 1.165) is 12.8 Å². The Kier molecular flexibility index (Phi) is 10.6. The fraction of sp³-hybridized carbons (Fsp3) is 0.900. The number of nitriles is 1. The molecule has 13 heavy (non-hydrogen) atoms. The molecular formula is C10H20NPS. The summed E-state index contributed by atoms with van der Waals surface area (Å²) in [5, 5.41) is 8.42. The van der Waals surface area contributed by atoms with E-state index in [4.69, 9.17) is 5.26 Å². The predicted octanol–water partition coefficient (Wildman–Crippen LogP) is 4.24. The Bertz CT molecular complexity index is 144. The molecule has 0 radical (unpaired) electrons. The molecule has 3 heteroatoms. The molecule has 0 fully saturated rings. The van der Waals surface area contributed by atoms with Crippen molar-refractivity contribution in [2.75, 3.05) is 18.1 Å². The Hall–Kier alpha value is 0.270. The van der Waals surface area contributed by atoms with Crippen molar-refractivity contribution in [2.24, 2.45) is 0 Å². The van der Waals surface area contributed by atoms with Gasteiger partial charge >= 0.3 is 0 Å². The molecule has 0 bridgehead atoms. The van der Waals surface area contributed by atoms with Crippen LogP contribution in [0.2, 0.25) is 0 Å². The Labute approximate surface area is 87.8 Å². The highest BCUT2D eigenvalue weighted by Gasteiger charge is 2.04. The maximum atomic E-state index is 8.42. The van der Waals surface area contributed by atoms with E-state index in [1.54, 1.807) is 0 Å². The number of nitrogens with zero attached hydrogens (tertiary/aromatic N) is 1. The summed E-state index contributed by atoms with van der Waals surface area (Å²) < 4.78 is 0. The van der Waals surface area contributed by atoms with Crippen molar-refractivity contribution < 1.29 is 0 Å². The molecule has 0 spiro atoms. The lowest BCUT2D eigenvalue weighted by molar-refractivity contribution is 0.898. The summed E-state index contributed by atoms with van der Waals surface area (Å²) >= 11 is 2.15. The van der Waals surface area contributed by atoms with Crippen molar-refractivity contribution in [3.05, 3.63) is 0 Å². The second-order valence-electron chi connectivity index (χ2n) is 2.97. The van der Waals surface area contributed by atoms with Gasteiger partial charge in [-0.1, -0.05) is 20.3 Å². The van der Waals surface area contributed by atoms with E-state index in [1.165, 1.54) is 30.9 Å². The zero-order valence-corrected chi connectivity index (χ0v) is 10.5. The third kappa shape index (κ3) is 8.60. The zero-order chi connectivity index (χ0) is 9.94. The molecule has 0 aromatic rings. The third-order valence-electron chi connectivity index (χ3n) is 1.82. The van der Waals surface area contributed by atoms with Crippen molar-refractivity contribution in [1.82, 2.24) is 0 Å². The molecule has 0 aliphatic rings. The summed E-state index contributed by atoms with van der Waals surface area (Å²) in [6, 6.07) is 2.22.